The number of carboxylic acid groups (broad SMARTS) is 1. The fourth-order valence-corrected chi connectivity index (χ4v) is 6.02. The molecule has 1 heterocycles. The quantitative estimate of drug-likeness (QED) is 0.278. The molecule has 0 unspecified atom stereocenters. The molecule has 10 nitrogen and oxygen atoms in total. The summed E-state index contributed by atoms with van der Waals surface area (Å²) in [6, 6.07) is 14.5. The number of nitrogens with zero attached hydrogens (tertiary/aromatic N) is 2. The van der Waals surface area contributed by atoms with Crippen LogP contribution >= 0.6 is 0 Å². The number of ether oxygens (including phenoxy) is 2. The van der Waals surface area contributed by atoms with Gasteiger partial charge < -0.3 is 30.1 Å². The Bertz CT molecular complexity index is 1250. The Morgan fingerprint density at radius 1 is 1.02 bits per heavy atom. The van der Waals surface area contributed by atoms with Gasteiger partial charge in [-0.2, -0.15) is 0 Å². The summed E-state index contributed by atoms with van der Waals surface area (Å²) in [6.45, 7) is 9.52. The number of hydrogen-bond donors (Lipinski definition) is 3. The number of piperazine rings is 1. The molecule has 43 heavy (non-hydrogen) atoms. The molecule has 1 amide bonds. The van der Waals surface area contributed by atoms with Crippen molar-refractivity contribution in [2.24, 2.45) is 5.92 Å². The number of rotatable bonds is 13. The van der Waals surface area contributed by atoms with Crippen LogP contribution in [0.3, 0.4) is 0 Å². The van der Waals surface area contributed by atoms with Gasteiger partial charge in [-0.15, -0.1) is 0 Å². The zero-order chi connectivity index (χ0) is 30.8. The maximum Gasteiger partial charge on any atom is 0.407 e. The number of amides is 1. The number of nitrogens with one attached hydrogen (secondary N) is 2. The summed E-state index contributed by atoms with van der Waals surface area (Å²) in [5.41, 5.74) is 5.32. The lowest BCUT2D eigenvalue weighted by atomic mass is 9.83. The van der Waals surface area contributed by atoms with Crippen molar-refractivity contribution in [3.63, 3.8) is 0 Å². The zero-order valence-electron chi connectivity index (χ0n) is 25.6. The van der Waals surface area contributed by atoms with Gasteiger partial charge in [0.15, 0.2) is 5.78 Å². The second-order valence-electron chi connectivity index (χ2n) is 11.7. The molecule has 3 N–H and O–H groups in total. The van der Waals surface area contributed by atoms with E-state index in [1.807, 2.05) is 37.3 Å². The standard InChI is InChI=1S/C33H46N4O6/c1-4-43-32(39)22-42-21-25-6-5-7-30(17-25)35-28-11-8-26(9-12-28)31(38)18-34-29-13-10-27(23(2)16-29)20-36-14-15-37(33(40)41)24(3)19-36/h5-7,10,13,16-17,24,26,28,34-35H,4,8-9,11-12,14-15,18-22H2,1-3H3,(H,40,41)/t24-,26-,28-/m0/s1. The molecule has 1 aliphatic carbocycles. The molecular formula is C33H46N4O6. The highest BCUT2D eigenvalue weighted by Gasteiger charge is 2.28. The van der Waals surface area contributed by atoms with E-state index in [1.54, 1.807) is 6.92 Å². The van der Waals surface area contributed by atoms with Crippen LogP contribution in [0.5, 0.6) is 0 Å². The van der Waals surface area contributed by atoms with Crippen molar-refractivity contribution in [3.8, 4) is 0 Å². The van der Waals surface area contributed by atoms with Crippen molar-refractivity contribution < 1.29 is 29.0 Å². The van der Waals surface area contributed by atoms with Gasteiger partial charge in [-0.1, -0.05) is 18.2 Å². The summed E-state index contributed by atoms with van der Waals surface area (Å²) >= 11 is 0. The first-order valence-electron chi connectivity index (χ1n) is 15.4. The summed E-state index contributed by atoms with van der Waals surface area (Å²) < 4.78 is 10.4. The Labute approximate surface area is 254 Å². The van der Waals surface area contributed by atoms with Crippen molar-refractivity contribution in [1.82, 2.24) is 9.80 Å². The minimum absolute atomic E-state index is 0.0224. The minimum Gasteiger partial charge on any atom is -0.465 e. The molecule has 0 bridgehead atoms. The number of ketones is 1. The third-order valence-corrected chi connectivity index (χ3v) is 8.43. The first kappa shape index (κ1) is 32.3. The molecular weight excluding hydrogens is 548 g/mol. The van der Waals surface area contributed by atoms with Gasteiger partial charge in [0.05, 0.1) is 19.8 Å². The molecule has 0 spiro atoms. The molecule has 1 saturated heterocycles. The molecule has 1 saturated carbocycles. The smallest absolute Gasteiger partial charge is 0.407 e. The summed E-state index contributed by atoms with van der Waals surface area (Å²) in [5, 5.41) is 16.2. The van der Waals surface area contributed by atoms with Gasteiger partial charge in [0, 0.05) is 55.6 Å². The van der Waals surface area contributed by atoms with Crippen LogP contribution in [0.2, 0.25) is 0 Å². The number of hydrogen-bond acceptors (Lipinski definition) is 8. The third-order valence-electron chi connectivity index (χ3n) is 8.43. The molecule has 1 atom stereocenters. The first-order chi connectivity index (χ1) is 20.7. The van der Waals surface area contributed by atoms with E-state index in [2.05, 4.69) is 34.6 Å². The Hall–Kier alpha value is -3.63. The molecule has 0 aromatic heterocycles. The number of benzene rings is 2. The highest BCUT2D eigenvalue weighted by Crippen LogP contribution is 2.28. The Morgan fingerprint density at radius 2 is 1.81 bits per heavy atom. The van der Waals surface area contributed by atoms with Gasteiger partial charge in [0.2, 0.25) is 0 Å². The van der Waals surface area contributed by atoms with E-state index < -0.39 is 6.09 Å². The number of aryl methyl sites for hydroxylation is 1. The van der Waals surface area contributed by atoms with E-state index in [-0.39, 0.29) is 30.3 Å². The van der Waals surface area contributed by atoms with E-state index >= 15 is 0 Å². The average molecular weight is 595 g/mol. The van der Waals surface area contributed by atoms with E-state index in [4.69, 9.17) is 9.47 Å². The van der Waals surface area contributed by atoms with Gasteiger partial charge in [-0.3, -0.25) is 9.69 Å². The van der Waals surface area contributed by atoms with Crippen LogP contribution in [0.15, 0.2) is 42.5 Å². The average Bonchev–Trinajstić information content (AvgIpc) is 2.98. The Morgan fingerprint density at radius 3 is 2.51 bits per heavy atom. The predicted octanol–water partition coefficient (Wildman–Crippen LogP) is 4.91. The highest BCUT2D eigenvalue weighted by molar-refractivity contribution is 5.85. The number of anilines is 2. The largest absolute Gasteiger partial charge is 0.465 e. The third kappa shape index (κ3) is 9.69. The van der Waals surface area contributed by atoms with Crippen LogP contribution in [-0.4, -0.2) is 84.2 Å². The van der Waals surface area contributed by atoms with Crippen LogP contribution in [-0.2, 0) is 32.2 Å². The van der Waals surface area contributed by atoms with Crippen molar-refractivity contribution in [2.45, 2.75) is 71.7 Å². The fourth-order valence-electron chi connectivity index (χ4n) is 6.02. The monoisotopic (exact) mass is 594 g/mol. The fraction of sp³-hybridized carbons (Fsp3) is 0.545. The molecule has 2 fully saturated rings. The predicted molar refractivity (Wildman–Crippen MR) is 166 cm³/mol. The molecule has 2 aromatic rings. The lowest BCUT2D eigenvalue weighted by Crippen LogP contribution is -2.53. The van der Waals surface area contributed by atoms with Gasteiger partial charge in [-0.25, -0.2) is 9.59 Å². The van der Waals surface area contributed by atoms with Gasteiger partial charge in [-0.05, 0) is 87.4 Å². The summed E-state index contributed by atoms with van der Waals surface area (Å²) in [5.74, 6) is -0.0333. The normalized spacial score (nSPS) is 20.8. The van der Waals surface area contributed by atoms with Crippen LogP contribution in [0.1, 0.15) is 56.2 Å². The minimum atomic E-state index is -0.851. The second-order valence-corrected chi connectivity index (χ2v) is 11.7. The van der Waals surface area contributed by atoms with Crippen LogP contribution in [0.4, 0.5) is 16.2 Å². The lowest BCUT2D eigenvalue weighted by molar-refractivity contribution is -0.148. The zero-order valence-corrected chi connectivity index (χ0v) is 25.6. The van der Waals surface area contributed by atoms with Gasteiger partial charge in [0.1, 0.15) is 6.61 Å². The lowest BCUT2D eigenvalue weighted by Gasteiger charge is -2.38. The SMILES string of the molecule is CCOC(=O)COCc1cccc(N[C@H]2CC[C@H](C(=O)CNc3ccc(CN4CCN(C(=O)O)[C@@H](C)C4)c(C)c3)CC2)c1. The molecule has 2 aliphatic rings. The number of Topliss-reactive ketones (excluding diaryl/α,β-unsaturated/α-hetero) is 1. The van der Waals surface area contributed by atoms with Crippen molar-refractivity contribution in [3.05, 3.63) is 59.2 Å². The van der Waals surface area contributed by atoms with Gasteiger partial charge >= 0.3 is 12.1 Å². The van der Waals surface area contributed by atoms with E-state index in [9.17, 15) is 19.5 Å². The van der Waals surface area contributed by atoms with Crippen molar-refractivity contribution >= 4 is 29.2 Å². The first-order valence-corrected chi connectivity index (χ1v) is 15.4. The number of carbonyl (C=O) groups excluding carboxylic acids is 2. The Kier molecular flexibility index (Phi) is 11.8. The number of carbonyl (C=O) groups is 3. The van der Waals surface area contributed by atoms with E-state index in [1.165, 1.54) is 10.5 Å². The van der Waals surface area contributed by atoms with Crippen LogP contribution < -0.4 is 10.6 Å². The van der Waals surface area contributed by atoms with Crippen molar-refractivity contribution in [2.75, 3.05) is 50.0 Å². The molecule has 234 valence electrons. The van der Waals surface area contributed by atoms with E-state index in [0.29, 0.717) is 32.3 Å². The second kappa shape index (κ2) is 15.7. The van der Waals surface area contributed by atoms with Crippen LogP contribution in [0.25, 0.3) is 0 Å². The maximum absolute atomic E-state index is 13.0. The molecule has 10 heteroatoms. The van der Waals surface area contributed by atoms with Crippen LogP contribution in [0, 0.1) is 12.8 Å². The molecule has 1 aliphatic heterocycles. The number of esters is 1. The summed E-state index contributed by atoms with van der Waals surface area (Å²) in [7, 11) is 0. The molecule has 0 radical (unpaired) electrons. The molecule has 2 aromatic carbocycles. The molecule has 4 rings (SSSR count). The topological polar surface area (TPSA) is 120 Å². The van der Waals surface area contributed by atoms with E-state index in [0.717, 1.165) is 67.8 Å². The Balaban J connectivity index is 1.17. The summed E-state index contributed by atoms with van der Waals surface area (Å²) in [6.07, 6.45) is 2.76. The highest BCUT2D eigenvalue weighted by atomic mass is 16.6. The summed E-state index contributed by atoms with van der Waals surface area (Å²) in [4.78, 5) is 39.6. The maximum atomic E-state index is 13.0. The van der Waals surface area contributed by atoms with Gasteiger partial charge in [0.25, 0.3) is 0 Å². The van der Waals surface area contributed by atoms with Crippen molar-refractivity contribution in [1.29, 1.82) is 0 Å².